The van der Waals surface area contributed by atoms with Crippen LogP contribution in [0.25, 0.3) is 0 Å². The number of hydrogen-bond donors (Lipinski definition) is 1. The van der Waals surface area contributed by atoms with E-state index in [0.717, 1.165) is 13.1 Å². The summed E-state index contributed by atoms with van der Waals surface area (Å²) in [6.07, 6.45) is 1.58. The Balaban J connectivity index is 2.03. The third-order valence-electron chi connectivity index (χ3n) is 3.10. The molecule has 2 heterocycles. The Hall–Kier alpha value is -1.73. The molecule has 0 unspecified atom stereocenters. The molecule has 0 bridgehead atoms. The number of anilines is 1. The summed E-state index contributed by atoms with van der Waals surface area (Å²) in [4.78, 5) is 22.7. The summed E-state index contributed by atoms with van der Waals surface area (Å²) in [5.41, 5.74) is 1.18. The maximum atomic E-state index is 11.9. The lowest BCUT2D eigenvalue weighted by Crippen LogP contribution is -2.37. The van der Waals surface area contributed by atoms with Gasteiger partial charge in [-0.15, -0.1) is 0 Å². The van der Waals surface area contributed by atoms with Gasteiger partial charge in [0.25, 0.3) is 5.91 Å². The van der Waals surface area contributed by atoms with Gasteiger partial charge in [0.1, 0.15) is 0 Å². The maximum Gasteiger partial charge on any atom is 0.254 e. The van der Waals surface area contributed by atoms with E-state index in [-0.39, 0.29) is 5.91 Å². The fourth-order valence-electron chi connectivity index (χ4n) is 1.96. The van der Waals surface area contributed by atoms with Gasteiger partial charge in [0.2, 0.25) is 5.95 Å². The zero-order valence-corrected chi connectivity index (χ0v) is 11.9. The largest absolute Gasteiger partial charge is 0.383 e. The van der Waals surface area contributed by atoms with Gasteiger partial charge in [-0.25, -0.2) is 9.97 Å². The van der Waals surface area contributed by atoms with Crippen molar-refractivity contribution in [2.75, 3.05) is 51.5 Å². The number of methoxy groups -OCH3 is 1. The van der Waals surface area contributed by atoms with Gasteiger partial charge in [-0.05, 0) is 6.92 Å². The molecule has 2 rings (SSSR count). The van der Waals surface area contributed by atoms with E-state index in [1.54, 1.807) is 13.3 Å². The van der Waals surface area contributed by atoms with Crippen LogP contribution in [0.15, 0.2) is 6.20 Å². The lowest BCUT2D eigenvalue weighted by atomic mass is 10.2. The highest BCUT2D eigenvalue weighted by molar-refractivity contribution is 5.94. The molecule has 110 valence electrons. The van der Waals surface area contributed by atoms with Crippen molar-refractivity contribution in [2.45, 2.75) is 6.92 Å². The van der Waals surface area contributed by atoms with E-state index in [4.69, 9.17) is 9.47 Å². The lowest BCUT2D eigenvalue weighted by molar-refractivity contribution is 0.0935. The molecule has 0 atom stereocenters. The number of morpholine rings is 1. The van der Waals surface area contributed by atoms with E-state index in [1.807, 2.05) is 6.92 Å². The molecule has 1 aromatic heterocycles. The monoisotopic (exact) mass is 280 g/mol. The van der Waals surface area contributed by atoms with Crippen LogP contribution in [-0.4, -0.2) is 62.4 Å². The molecule has 1 aromatic rings. The first kappa shape index (κ1) is 14.7. The highest BCUT2D eigenvalue weighted by atomic mass is 16.5. The second-order valence-corrected chi connectivity index (χ2v) is 4.52. The summed E-state index contributed by atoms with van der Waals surface area (Å²) in [5.74, 6) is 0.479. The minimum absolute atomic E-state index is 0.173. The van der Waals surface area contributed by atoms with Crippen LogP contribution in [0.1, 0.15) is 16.1 Å². The molecule has 0 radical (unpaired) electrons. The van der Waals surface area contributed by atoms with Crippen LogP contribution >= 0.6 is 0 Å². The van der Waals surface area contributed by atoms with Crippen molar-refractivity contribution in [2.24, 2.45) is 0 Å². The number of ether oxygens (including phenoxy) is 2. The van der Waals surface area contributed by atoms with Gasteiger partial charge in [0.15, 0.2) is 0 Å². The van der Waals surface area contributed by atoms with Crippen LogP contribution in [-0.2, 0) is 9.47 Å². The zero-order chi connectivity index (χ0) is 14.4. The van der Waals surface area contributed by atoms with Gasteiger partial charge >= 0.3 is 0 Å². The van der Waals surface area contributed by atoms with Crippen molar-refractivity contribution in [3.8, 4) is 0 Å². The minimum atomic E-state index is -0.173. The Labute approximate surface area is 118 Å². The maximum absolute atomic E-state index is 11.9. The second-order valence-electron chi connectivity index (χ2n) is 4.52. The number of rotatable bonds is 5. The molecule has 1 aliphatic rings. The molecule has 1 fully saturated rings. The molecule has 0 saturated carbocycles. The summed E-state index contributed by atoms with van der Waals surface area (Å²) >= 11 is 0. The van der Waals surface area contributed by atoms with Crippen molar-refractivity contribution in [3.63, 3.8) is 0 Å². The van der Waals surface area contributed by atoms with E-state index in [2.05, 4.69) is 20.2 Å². The third-order valence-corrected chi connectivity index (χ3v) is 3.10. The number of aromatic nitrogens is 2. The summed E-state index contributed by atoms with van der Waals surface area (Å²) in [7, 11) is 1.59. The number of nitrogens with zero attached hydrogens (tertiary/aromatic N) is 3. The molecule has 20 heavy (non-hydrogen) atoms. The Morgan fingerprint density at radius 2 is 2.25 bits per heavy atom. The van der Waals surface area contributed by atoms with Crippen LogP contribution in [0, 0.1) is 6.92 Å². The Morgan fingerprint density at radius 3 is 2.90 bits per heavy atom. The molecule has 1 amide bonds. The highest BCUT2D eigenvalue weighted by Gasteiger charge is 2.16. The van der Waals surface area contributed by atoms with E-state index >= 15 is 0 Å². The second kappa shape index (κ2) is 7.16. The van der Waals surface area contributed by atoms with Crippen LogP contribution < -0.4 is 10.2 Å². The zero-order valence-electron chi connectivity index (χ0n) is 11.9. The van der Waals surface area contributed by atoms with Crippen molar-refractivity contribution < 1.29 is 14.3 Å². The number of carbonyl (C=O) groups is 1. The summed E-state index contributed by atoms with van der Waals surface area (Å²) in [6.45, 7) is 5.69. The van der Waals surface area contributed by atoms with E-state index in [9.17, 15) is 4.79 Å². The topological polar surface area (TPSA) is 76.6 Å². The number of hydrogen-bond acceptors (Lipinski definition) is 6. The first-order valence-electron chi connectivity index (χ1n) is 6.66. The molecular weight excluding hydrogens is 260 g/mol. The van der Waals surface area contributed by atoms with Gasteiger partial charge in [-0.3, -0.25) is 4.79 Å². The highest BCUT2D eigenvalue weighted by Crippen LogP contribution is 2.12. The van der Waals surface area contributed by atoms with Crippen molar-refractivity contribution in [1.29, 1.82) is 0 Å². The number of aryl methyl sites for hydroxylation is 1. The predicted octanol–water partition coefficient (Wildman–Crippen LogP) is -0.00218. The molecule has 0 spiro atoms. The van der Waals surface area contributed by atoms with Gasteiger partial charge in [-0.2, -0.15) is 0 Å². The Morgan fingerprint density at radius 1 is 1.50 bits per heavy atom. The van der Waals surface area contributed by atoms with Crippen molar-refractivity contribution in [3.05, 3.63) is 17.5 Å². The lowest BCUT2D eigenvalue weighted by Gasteiger charge is -2.27. The van der Waals surface area contributed by atoms with Crippen molar-refractivity contribution >= 4 is 11.9 Å². The molecule has 1 saturated heterocycles. The smallest absolute Gasteiger partial charge is 0.254 e. The van der Waals surface area contributed by atoms with Crippen LogP contribution in [0.3, 0.4) is 0 Å². The molecule has 0 aromatic carbocycles. The van der Waals surface area contributed by atoms with E-state index < -0.39 is 0 Å². The Bertz CT molecular complexity index is 461. The summed E-state index contributed by atoms with van der Waals surface area (Å²) < 4.78 is 10.2. The average Bonchev–Trinajstić information content (AvgIpc) is 2.48. The number of amides is 1. The fraction of sp³-hybridized carbons (Fsp3) is 0.615. The van der Waals surface area contributed by atoms with Crippen LogP contribution in [0.2, 0.25) is 0 Å². The fourth-order valence-corrected chi connectivity index (χ4v) is 1.96. The normalized spacial score (nSPS) is 15.2. The van der Waals surface area contributed by atoms with Gasteiger partial charge in [0.05, 0.1) is 31.1 Å². The average molecular weight is 280 g/mol. The van der Waals surface area contributed by atoms with Crippen molar-refractivity contribution in [1.82, 2.24) is 15.3 Å². The number of carbonyl (C=O) groups excluding carboxylic acids is 1. The van der Waals surface area contributed by atoms with E-state index in [0.29, 0.717) is 43.6 Å². The number of nitrogens with one attached hydrogen (secondary N) is 1. The molecule has 0 aliphatic carbocycles. The molecule has 1 aliphatic heterocycles. The molecule has 1 N–H and O–H groups in total. The van der Waals surface area contributed by atoms with Crippen LogP contribution in [0.5, 0.6) is 0 Å². The van der Waals surface area contributed by atoms with Crippen LogP contribution in [0.4, 0.5) is 5.95 Å². The standard InChI is InChI=1S/C13H20N4O3/c1-10-11(12(18)14-3-6-19-2)9-15-13(16-10)17-4-7-20-8-5-17/h9H,3-8H2,1-2H3,(H,14,18). The quantitative estimate of drug-likeness (QED) is 0.765. The van der Waals surface area contributed by atoms with Gasteiger partial charge in [-0.1, -0.05) is 0 Å². The third kappa shape index (κ3) is 3.64. The summed E-state index contributed by atoms with van der Waals surface area (Å²) in [6, 6.07) is 0. The predicted molar refractivity (Wildman–Crippen MR) is 74.0 cm³/mol. The minimum Gasteiger partial charge on any atom is -0.383 e. The Kier molecular flexibility index (Phi) is 5.25. The first-order chi connectivity index (χ1) is 9.72. The molecule has 7 heteroatoms. The SMILES string of the molecule is COCCNC(=O)c1cnc(N2CCOCC2)nc1C. The summed E-state index contributed by atoms with van der Waals surface area (Å²) in [5, 5.41) is 2.76. The van der Waals surface area contributed by atoms with E-state index in [1.165, 1.54) is 0 Å². The first-order valence-corrected chi connectivity index (χ1v) is 6.66. The van der Waals surface area contributed by atoms with Gasteiger partial charge in [0, 0.05) is 32.9 Å². The molecular formula is C13H20N4O3. The van der Waals surface area contributed by atoms with Gasteiger partial charge < -0.3 is 19.7 Å². The molecule has 7 nitrogen and oxygen atoms in total.